The van der Waals surface area contributed by atoms with Crippen molar-refractivity contribution in [1.29, 1.82) is 5.26 Å². The second-order valence-corrected chi connectivity index (χ2v) is 5.92. The van der Waals surface area contributed by atoms with Gasteiger partial charge in [-0.05, 0) is 24.3 Å². The van der Waals surface area contributed by atoms with E-state index in [1.54, 1.807) is 17.8 Å². The molecule has 2 rings (SSSR count). The van der Waals surface area contributed by atoms with Crippen molar-refractivity contribution in [2.24, 2.45) is 0 Å². The Morgan fingerprint density at radius 3 is 2.48 bits per heavy atom. The molecule has 0 radical (unpaired) electrons. The molecule has 1 amide bonds. The van der Waals surface area contributed by atoms with Crippen molar-refractivity contribution in [2.75, 3.05) is 11.9 Å². The number of rotatable bonds is 7. The number of nitrogens with one attached hydrogen (secondary N) is 2. The molecule has 0 spiro atoms. The van der Waals surface area contributed by atoms with E-state index in [0.717, 1.165) is 15.5 Å². The van der Waals surface area contributed by atoms with Gasteiger partial charge in [-0.15, -0.1) is 0 Å². The van der Waals surface area contributed by atoms with Crippen LogP contribution in [0.25, 0.3) is 0 Å². The molecule has 2 aromatic rings. The lowest BCUT2D eigenvalue weighted by atomic mass is 10.2. The number of carboxylic acid groups (broad SMARTS) is 1. The fraction of sp³-hybridized carbons (Fsp3) is 0.0556. The molecule has 0 aromatic heterocycles. The third-order valence-corrected chi connectivity index (χ3v) is 4.08. The number of benzene rings is 2. The van der Waals surface area contributed by atoms with Crippen LogP contribution in [0.4, 0.5) is 5.69 Å². The van der Waals surface area contributed by atoms with Gasteiger partial charge in [0.1, 0.15) is 18.2 Å². The van der Waals surface area contributed by atoms with Gasteiger partial charge < -0.3 is 15.7 Å². The van der Waals surface area contributed by atoms with Crippen LogP contribution in [0.3, 0.4) is 0 Å². The Morgan fingerprint density at radius 1 is 1.12 bits per heavy atom. The quantitative estimate of drug-likeness (QED) is 0.522. The number of nitriles is 1. The maximum atomic E-state index is 11.8. The SMILES string of the molecule is N#C/C(=C/Nc1ccccc1Sc1ccccc1)C(=O)NCC(=O)O. The standard InChI is InChI=1S/C18H15N3O3S/c19-10-13(18(24)21-12-17(22)23)11-20-15-8-4-5-9-16(15)25-14-6-2-1-3-7-14/h1-9,11,20H,12H2,(H,21,24)(H,22,23)/b13-11-. The predicted molar refractivity (Wildman–Crippen MR) is 95.0 cm³/mol. The van der Waals surface area contributed by atoms with Gasteiger partial charge in [0.15, 0.2) is 0 Å². The van der Waals surface area contributed by atoms with Crippen molar-refractivity contribution in [3.8, 4) is 6.07 Å². The van der Waals surface area contributed by atoms with E-state index in [9.17, 15) is 9.59 Å². The summed E-state index contributed by atoms with van der Waals surface area (Å²) in [6.45, 7) is -0.543. The number of para-hydroxylation sites is 1. The van der Waals surface area contributed by atoms with Crippen LogP contribution in [0.2, 0.25) is 0 Å². The summed E-state index contributed by atoms with van der Waals surface area (Å²) < 4.78 is 0. The zero-order valence-electron chi connectivity index (χ0n) is 13.1. The first-order chi connectivity index (χ1) is 12.1. The summed E-state index contributed by atoms with van der Waals surface area (Å²) in [6, 6.07) is 19.0. The van der Waals surface area contributed by atoms with E-state index in [4.69, 9.17) is 10.4 Å². The molecule has 3 N–H and O–H groups in total. The molecule has 25 heavy (non-hydrogen) atoms. The van der Waals surface area contributed by atoms with Crippen molar-refractivity contribution in [2.45, 2.75) is 9.79 Å². The Bertz CT molecular complexity index is 829. The average molecular weight is 353 g/mol. The van der Waals surface area contributed by atoms with Crippen LogP contribution in [-0.4, -0.2) is 23.5 Å². The first-order valence-corrected chi connectivity index (χ1v) is 8.10. The molecule has 2 aromatic carbocycles. The van der Waals surface area contributed by atoms with Crippen molar-refractivity contribution in [3.05, 3.63) is 66.4 Å². The van der Waals surface area contributed by atoms with Gasteiger partial charge in [-0.2, -0.15) is 5.26 Å². The lowest BCUT2D eigenvalue weighted by molar-refractivity contribution is -0.137. The third-order valence-electron chi connectivity index (χ3n) is 3.00. The van der Waals surface area contributed by atoms with Gasteiger partial charge in [0.25, 0.3) is 5.91 Å². The van der Waals surface area contributed by atoms with Crippen LogP contribution in [0.15, 0.2) is 76.2 Å². The highest BCUT2D eigenvalue weighted by atomic mass is 32.2. The highest BCUT2D eigenvalue weighted by Gasteiger charge is 2.10. The number of anilines is 1. The number of amides is 1. The molecule has 0 aliphatic heterocycles. The Kier molecular flexibility index (Phi) is 6.63. The second kappa shape index (κ2) is 9.15. The average Bonchev–Trinajstić information content (AvgIpc) is 2.62. The molecule has 0 saturated carbocycles. The monoisotopic (exact) mass is 353 g/mol. The van der Waals surface area contributed by atoms with Crippen LogP contribution >= 0.6 is 11.8 Å². The van der Waals surface area contributed by atoms with E-state index >= 15 is 0 Å². The number of carbonyl (C=O) groups excluding carboxylic acids is 1. The van der Waals surface area contributed by atoms with Crippen molar-refractivity contribution < 1.29 is 14.7 Å². The van der Waals surface area contributed by atoms with Crippen molar-refractivity contribution >= 4 is 29.3 Å². The summed E-state index contributed by atoms with van der Waals surface area (Å²) in [4.78, 5) is 24.2. The molecule has 0 aliphatic rings. The van der Waals surface area contributed by atoms with Gasteiger partial charge in [0.2, 0.25) is 0 Å². The normalized spacial score (nSPS) is 10.6. The van der Waals surface area contributed by atoms with E-state index in [1.165, 1.54) is 6.20 Å². The summed E-state index contributed by atoms with van der Waals surface area (Å²) in [7, 11) is 0. The molecule has 7 heteroatoms. The molecule has 6 nitrogen and oxygen atoms in total. The van der Waals surface area contributed by atoms with Crippen LogP contribution in [-0.2, 0) is 9.59 Å². The number of nitrogens with zero attached hydrogens (tertiary/aromatic N) is 1. The molecule has 0 saturated heterocycles. The minimum absolute atomic E-state index is 0.208. The van der Waals surface area contributed by atoms with Crippen LogP contribution in [0, 0.1) is 11.3 Å². The van der Waals surface area contributed by atoms with E-state index in [2.05, 4.69) is 10.6 Å². The molecule has 0 fully saturated rings. The molecule has 0 bridgehead atoms. The van der Waals surface area contributed by atoms with Crippen LogP contribution < -0.4 is 10.6 Å². The zero-order chi connectivity index (χ0) is 18.1. The largest absolute Gasteiger partial charge is 0.480 e. The van der Waals surface area contributed by atoms with E-state index in [0.29, 0.717) is 0 Å². The minimum Gasteiger partial charge on any atom is -0.480 e. The van der Waals surface area contributed by atoms with Gasteiger partial charge >= 0.3 is 5.97 Å². The lowest BCUT2D eigenvalue weighted by Crippen LogP contribution is -2.30. The minimum atomic E-state index is -1.18. The van der Waals surface area contributed by atoms with E-state index < -0.39 is 18.4 Å². The fourth-order valence-electron chi connectivity index (χ4n) is 1.84. The molecule has 0 atom stereocenters. The molecule has 0 heterocycles. The van der Waals surface area contributed by atoms with Crippen LogP contribution in [0.1, 0.15) is 0 Å². The zero-order valence-corrected chi connectivity index (χ0v) is 13.9. The van der Waals surface area contributed by atoms with Gasteiger partial charge in [0, 0.05) is 16.0 Å². The fourth-order valence-corrected chi connectivity index (χ4v) is 2.77. The Labute approximate surface area is 149 Å². The maximum Gasteiger partial charge on any atom is 0.322 e. The summed E-state index contributed by atoms with van der Waals surface area (Å²) in [5.41, 5.74) is 0.524. The third kappa shape index (κ3) is 5.71. The first-order valence-electron chi connectivity index (χ1n) is 7.29. The maximum absolute atomic E-state index is 11.8. The molecular formula is C18H15N3O3S. The first kappa shape index (κ1) is 18.1. The molecule has 0 unspecified atom stereocenters. The topological polar surface area (TPSA) is 102 Å². The van der Waals surface area contributed by atoms with Crippen molar-refractivity contribution in [1.82, 2.24) is 5.32 Å². The van der Waals surface area contributed by atoms with E-state index in [-0.39, 0.29) is 5.57 Å². The second-order valence-electron chi connectivity index (χ2n) is 4.80. The molecular weight excluding hydrogens is 338 g/mol. The number of carbonyl (C=O) groups is 2. The number of carboxylic acids is 1. The van der Waals surface area contributed by atoms with Crippen molar-refractivity contribution in [3.63, 3.8) is 0 Å². The number of hydrogen-bond acceptors (Lipinski definition) is 5. The predicted octanol–water partition coefficient (Wildman–Crippen LogP) is 2.86. The highest BCUT2D eigenvalue weighted by molar-refractivity contribution is 7.99. The Balaban J connectivity index is 2.12. The van der Waals surface area contributed by atoms with Gasteiger partial charge in [-0.3, -0.25) is 9.59 Å². The lowest BCUT2D eigenvalue weighted by Gasteiger charge is -2.09. The number of hydrogen-bond donors (Lipinski definition) is 3. The molecule has 0 aliphatic carbocycles. The molecule has 126 valence electrons. The van der Waals surface area contributed by atoms with Gasteiger partial charge in [-0.1, -0.05) is 42.1 Å². The van der Waals surface area contributed by atoms with Crippen LogP contribution in [0.5, 0.6) is 0 Å². The summed E-state index contributed by atoms with van der Waals surface area (Å²) >= 11 is 1.54. The van der Waals surface area contributed by atoms with E-state index in [1.807, 2.05) is 54.6 Å². The number of aliphatic carboxylic acids is 1. The Morgan fingerprint density at radius 2 is 1.80 bits per heavy atom. The summed E-state index contributed by atoms with van der Waals surface area (Å²) in [6.07, 6.45) is 1.27. The van der Waals surface area contributed by atoms with Gasteiger partial charge in [-0.25, -0.2) is 0 Å². The highest BCUT2D eigenvalue weighted by Crippen LogP contribution is 2.33. The Hall–Kier alpha value is -3.24. The summed E-state index contributed by atoms with van der Waals surface area (Å²) in [5, 5.41) is 22.7. The smallest absolute Gasteiger partial charge is 0.322 e. The van der Waals surface area contributed by atoms with Gasteiger partial charge in [0.05, 0.1) is 5.69 Å². The summed E-state index contributed by atoms with van der Waals surface area (Å²) in [5.74, 6) is -1.92.